The minimum Gasteiger partial charge on any atom is -0.336 e. The van der Waals surface area contributed by atoms with Crippen LogP contribution in [0.5, 0.6) is 0 Å². The van der Waals surface area contributed by atoms with Gasteiger partial charge in [-0.2, -0.15) is 0 Å². The van der Waals surface area contributed by atoms with Crippen molar-refractivity contribution in [3.8, 4) is 0 Å². The number of aryl methyl sites for hydroxylation is 2. The zero-order valence-corrected chi connectivity index (χ0v) is 13.1. The molecule has 0 spiro atoms. The molecular formula is C17H25N3O. The van der Waals surface area contributed by atoms with Crippen LogP contribution in [-0.4, -0.2) is 61.0 Å². The van der Waals surface area contributed by atoms with Crippen LogP contribution in [0.1, 0.15) is 27.9 Å². The van der Waals surface area contributed by atoms with Gasteiger partial charge in [-0.15, -0.1) is 0 Å². The predicted octanol–water partition coefficient (Wildman–Crippen LogP) is 1.42. The van der Waals surface area contributed by atoms with Gasteiger partial charge in [0.25, 0.3) is 5.91 Å². The summed E-state index contributed by atoms with van der Waals surface area (Å²) in [5.41, 5.74) is 3.07. The second-order valence-corrected chi connectivity index (χ2v) is 6.24. The van der Waals surface area contributed by atoms with Gasteiger partial charge >= 0.3 is 0 Å². The zero-order chi connectivity index (χ0) is 14.8. The van der Waals surface area contributed by atoms with E-state index in [-0.39, 0.29) is 5.91 Å². The molecule has 1 atom stereocenters. The molecule has 2 fully saturated rings. The van der Waals surface area contributed by atoms with Crippen molar-refractivity contribution in [1.82, 2.24) is 15.1 Å². The summed E-state index contributed by atoms with van der Waals surface area (Å²) in [4.78, 5) is 17.3. The quantitative estimate of drug-likeness (QED) is 0.893. The fraction of sp³-hybridized carbons (Fsp3) is 0.588. The highest BCUT2D eigenvalue weighted by Crippen LogP contribution is 2.18. The molecule has 4 heteroatoms. The van der Waals surface area contributed by atoms with Gasteiger partial charge in [0.05, 0.1) is 0 Å². The van der Waals surface area contributed by atoms with Crippen LogP contribution in [0.2, 0.25) is 0 Å². The SMILES string of the molecule is Cc1cccc(C)c1C(=O)N1CCN(C2CCNC2)CC1. The van der Waals surface area contributed by atoms with Crippen LogP contribution in [0.3, 0.4) is 0 Å². The Bertz CT molecular complexity index is 495. The third-order valence-electron chi connectivity index (χ3n) is 4.85. The Morgan fingerprint density at radius 3 is 2.38 bits per heavy atom. The predicted molar refractivity (Wildman–Crippen MR) is 84.7 cm³/mol. The van der Waals surface area contributed by atoms with E-state index in [2.05, 4.69) is 10.2 Å². The van der Waals surface area contributed by atoms with Crippen LogP contribution in [0.4, 0.5) is 0 Å². The van der Waals surface area contributed by atoms with Crippen LogP contribution >= 0.6 is 0 Å². The molecule has 114 valence electrons. The fourth-order valence-electron chi connectivity index (χ4n) is 3.55. The van der Waals surface area contributed by atoms with Crippen molar-refractivity contribution in [1.29, 1.82) is 0 Å². The number of amides is 1. The Balaban J connectivity index is 1.65. The highest BCUT2D eigenvalue weighted by Gasteiger charge is 2.28. The van der Waals surface area contributed by atoms with E-state index >= 15 is 0 Å². The van der Waals surface area contributed by atoms with E-state index in [1.54, 1.807) is 0 Å². The Hall–Kier alpha value is -1.39. The molecule has 3 rings (SSSR count). The third kappa shape index (κ3) is 2.97. The molecule has 1 unspecified atom stereocenters. The molecule has 0 aliphatic carbocycles. The minimum absolute atomic E-state index is 0.204. The molecular weight excluding hydrogens is 262 g/mol. The van der Waals surface area contributed by atoms with Gasteiger partial charge in [0.1, 0.15) is 0 Å². The minimum atomic E-state index is 0.204. The molecule has 2 heterocycles. The summed E-state index contributed by atoms with van der Waals surface area (Å²) in [7, 11) is 0. The van der Waals surface area contributed by atoms with Crippen molar-refractivity contribution in [2.75, 3.05) is 39.3 Å². The van der Waals surface area contributed by atoms with Gasteiger partial charge in [-0.05, 0) is 37.9 Å². The molecule has 4 nitrogen and oxygen atoms in total. The van der Waals surface area contributed by atoms with E-state index in [1.807, 2.05) is 36.9 Å². The molecule has 2 aliphatic rings. The number of hydrogen-bond donors (Lipinski definition) is 1. The Labute approximate surface area is 127 Å². The van der Waals surface area contributed by atoms with Gasteiger partial charge in [-0.1, -0.05) is 18.2 Å². The summed E-state index contributed by atoms with van der Waals surface area (Å²) in [6, 6.07) is 6.75. The van der Waals surface area contributed by atoms with Gasteiger partial charge in [-0.25, -0.2) is 0 Å². The summed E-state index contributed by atoms with van der Waals surface area (Å²) >= 11 is 0. The first-order chi connectivity index (χ1) is 10.2. The lowest BCUT2D eigenvalue weighted by atomic mass is 10.0. The molecule has 0 saturated carbocycles. The topological polar surface area (TPSA) is 35.6 Å². The molecule has 0 bridgehead atoms. The average molecular weight is 287 g/mol. The summed E-state index contributed by atoms with van der Waals surface area (Å²) in [5.74, 6) is 0.204. The zero-order valence-electron chi connectivity index (χ0n) is 13.1. The summed E-state index contributed by atoms with van der Waals surface area (Å²) in [6.45, 7) is 10.00. The Morgan fingerprint density at radius 1 is 1.14 bits per heavy atom. The van der Waals surface area contributed by atoms with Crippen molar-refractivity contribution in [2.24, 2.45) is 0 Å². The maximum absolute atomic E-state index is 12.8. The van der Waals surface area contributed by atoms with Gasteiger partial charge in [0.15, 0.2) is 0 Å². The van der Waals surface area contributed by atoms with E-state index in [0.29, 0.717) is 6.04 Å². The summed E-state index contributed by atoms with van der Waals surface area (Å²) < 4.78 is 0. The Kier molecular flexibility index (Phi) is 4.27. The van der Waals surface area contributed by atoms with E-state index < -0.39 is 0 Å². The smallest absolute Gasteiger partial charge is 0.254 e. The van der Waals surface area contributed by atoms with Crippen LogP contribution < -0.4 is 5.32 Å². The molecule has 1 N–H and O–H groups in total. The van der Waals surface area contributed by atoms with E-state index in [4.69, 9.17) is 0 Å². The number of carbonyl (C=O) groups excluding carboxylic acids is 1. The number of nitrogens with one attached hydrogen (secondary N) is 1. The standard InChI is InChI=1S/C17H25N3O/c1-13-4-3-5-14(2)16(13)17(21)20-10-8-19(9-11-20)15-6-7-18-12-15/h3-5,15,18H,6-12H2,1-2H3. The second-order valence-electron chi connectivity index (χ2n) is 6.24. The molecule has 0 radical (unpaired) electrons. The number of piperazine rings is 1. The summed E-state index contributed by atoms with van der Waals surface area (Å²) in [6.07, 6.45) is 1.24. The van der Waals surface area contributed by atoms with Crippen molar-refractivity contribution >= 4 is 5.91 Å². The number of carbonyl (C=O) groups is 1. The van der Waals surface area contributed by atoms with E-state index in [1.165, 1.54) is 6.42 Å². The van der Waals surface area contributed by atoms with Crippen molar-refractivity contribution < 1.29 is 4.79 Å². The number of hydrogen-bond acceptors (Lipinski definition) is 3. The first-order valence-corrected chi connectivity index (χ1v) is 7.97. The fourth-order valence-corrected chi connectivity index (χ4v) is 3.55. The van der Waals surface area contributed by atoms with Crippen molar-refractivity contribution in [3.63, 3.8) is 0 Å². The number of rotatable bonds is 2. The highest BCUT2D eigenvalue weighted by molar-refractivity contribution is 5.97. The maximum atomic E-state index is 12.8. The van der Waals surface area contributed by atoms with Crippen molar-refractivity contribution in [3.05, 3.63) is 34.9 Å². The van der Waals surface area contributed by atoms with Crippen LogP contribution in [0.25, 0.3) is 0 Å². The van der Waals surface area contributed by atoms with Crippen LogP contribution in [0.15, 0.2) is 18.2 Å². The summed E-state index contributed by atoms with van der Waals surface area (Å²) in [5, 5.41) is 3.42. The van der Waals surface area contributed by atoms with Crippen LogP contribution in [0, 0.1) is 13.8 Å². The normalized spacial score (nSPS) is 23.5. The molecule has 1 amide bonds. The molecule has 2 saturated heterocycles. The molecule has 1 aromatic carbocycles. The number of benzene rings is 1. The van der Waals surface area contributed by atoms with Crippen LogP contribution in [-0.2, 0) is 0 Å². The van der Waals surface area contributed by atoms with Gasteiger partial charge in [0, 0.05) is 44.3 Å². The average Bonchev–Trinajstić information content (AvgIpc) is 3.01. The largest absolute Gasteiger partial charge is 0.336 e. The maximum Gasteiger partial charge on any atom is 0.254 e. The highest BCUT2D eigenvalue weighted by atomic mass is 16.2. The molecule has 1 aromatic rings. The van der Waals surface area contributed by atoms with Gasteiger partial charge < -0.3 is 10.2 Å². The van der Waals surface area contributed by atoms with E-state index in [0.717, 1.165) is 56.0 Å². The third-order valence-corrected chi connectivity index (χ3v) is 4.85. The monoisotopic (exact) mass is 287 g/mol. The first kappa shape index (κ1) is 14.5. The molecule has 2 aliphatic heterocycles. The number of nitrogens with zero attached hydrogens (tertiary/aromatic N) is 2. The lowest BCUT2D eigenvalue weighted by Crippen LogP contribution is -2.52. The van der Waals surface area contributed by atoms with Gasteiger partial charge in [-0.3, -0.25) is 9.69 Å². The molecule has 21 heavy (non-hydrogen) atoms. The van der Waals surface area contributed by atoms with Gasteiger partial charge in [0.2, 0.25) is 0 Å². The second kappa shape index (κ2) is 6.16. The lowest BCUT2D eigenvalue weighted by molar-refractivity contribution is 0.0582. The Morgan fingerprint density at radius 2 is 1.81 bits per heavy atom. The lowest BCUT2D eigenvalue weighted by Gasteiger charge is -2.38. The van der Waals surface area contributed by atoms with Crippen molar-refractivity contribution in [2.45, 2.75) is 26.3 Å². The van der Waals surface area contributed by atoms with E-state index in [9.17, 15) is 4.79 Å². The first-order valence-electron chi connectivity index (χ1n) is 7.97. The molecule has 0 aromatic heterocycles.